The molecule has 0 bridgehead atoms. The van der Waals surface area contributed by atoms with E-state index in [-0.39, 0.29) is 11.7 Å². The standard InChI is InChI=1S/C26H25ClN4OS/c1-3-19-10-13-22(14-11-19)31-24(15-20-7-5-4-6-8-20)29-30-26(31)33-17-25(32)28-21-12-9-18(2)23(27)16-21/h4-14,16H,3,15,17H2,1-2H3,(H,28,32). The maximum atomic E-state index is 12.6. The van der Waals surface area contributed by atoms with Gasteiger partial charge in [0.25, 0.3) is 0 Å². The largest absolute Gasteiger partial charge is 0.325 e. The molecule has 0 spiro atoms. The SMILES string of the molecule is CCc1ccc(-n2c(Cc3ccccc3)nnc2SCC(=O)Nc2ccc(C)c(Cl)c2)cc1. The van der Waals surface area contributed by atoms with Gasteiger partial charge in [0.05, 0.1) is 5.75 Å². The molecule has 0 aliphatic carbocycles. The average Bonchev–Trinajstić information content (AvgIpc) is 3.23. The van der Waals surface area contributed by atoms with Gasteiger partial charge < -0.3 is 5.32 Å². The second-order valence-corrected chi connectivity index (χ2v) is 9.07. The van der Waals surface area contributed by atoms with E-state index < -0.39 is 0 Å². The van der Waals surface area contributed by atoms with Gasteiger partial charge >= 0.3 is 0 Å². The highest BCUT2D eigenvalue weighted by atomic mass is 35.5. The predicted molar refractivity (Wildman–Crippen MR) is 136 cm³/mol. The summed E-state index contributed by atoms with van der Waals surface area (Å²) in [6, 6.07) is 24.1. The Kier molecular flexibility index (Phi) is 7.47. The summed E-state index contributed by atoms with van der Waals surface area (Å²) >= 11 is 7.53. The number of nitrogens with one attached hydrogen (secondary N) is 1. The van der Waals surface area contributed by atoms with Gasteiger partial charge in [-0.2, -0.15) is 0 Å². The van der Waals surface area contributed by atoms with Crippen molar-refractivity contribution in [2.24, 2.45) is 0 Å². The van der Waals surface area contributed by atoms with Crippen LogP contribution in [0.1, 0.15) is 29.4 Å². The van der Waals surface area contributed by atoms with Crippen molar-refractivity contribution in [1.29, 1.82) is 0 Å². The van der Waals surface area contributed by atoms with E-state index in [9.17, 15) is 4.79 Å². The monoisotopic (exact) mass is 476 g/mol. The van der Waals surface area contributed by atoms with Crippen LogP contribution in [0.2, 0.25) is 5.02 Å². The zero-order chi connectivity index (χ0) is 23.2. The van der Waals surface area contributed by atoms with E-state index in [1.54, 1.807) is 6.07 Å². The van der Waals surface area contributed by atoms with Crippen molar-refractivity contribution in [2.75, 3.05) is 11.1 Å². The predicted octanol–water partition coefficient (Wildman–Crippen LogP) is 6.11. The maximum Gasteiger partial charge on any atom is 0.234 e. The first kappa shape index (κ1) is 23.1. The maximum absolute atomic E-state index is 12.6. The number of thioether (sulfide) groups is 1. The van der Waals surface area contributed by atoms with Gasteiger partial charge in [-0.1, -0.05) is 78.8 Å². The van der Waals surface area contributed by atoms with E-state index in [1.807, 2.05) is 41.8 Å². The molecule has 1 amide bonds. The molecule has 0 unspecified atom stereocenters. The fourth-order valence-electron chi connectivity index (χ4n) is 3.42. The van der Waals surface area contributed by atoms with Gasteiger partial charge in [0.2, 0.25) is 5.91 Å². The highest BCUT2D eigenvalue weighted by Gasteiger charge is 2.16. The van der Waals surface area contributed by atoms with Crippen LogP contribution in [0.15, 0.2) is 78.0 Å². The number of anilines is 1. The number of aryl methyl sites for hydroxylation is 2. The second kappa shape index (κ2) is 10.7. The Labute approximate surface area is 203 Å². The van der Waals surface area contributed by atoms with Crippen molar-refractivity contribution in [3.63, 3.8) is 0 Å². The molecule has 0 saturated carbocycles. The highest BCUT2D eigenvalue weighted by molar-refractivity contribution is 7.99. The fraction of sp³-hybridized carbons (Fsp3) is 0.192. The van der Waals surface area contributed by atoms with Crippen LogP contribution in [0.5, 0.6) is 0 Å². The lowest BCUT2D eigenvalue weighted by Gasteiger charge is -2.11. The zero-order valence-electron chi connectivity index (χ0n) is 18.6. The molecular formula is C26H25ClN4OS. The Hall–Kier alpha value is -3.09. The van der Waals surface area contributed by atoms with Crippen molar-refractivity contribution in [3.05, 3.63) is 100 Å². The van der Waals surface area contributed by atoms with Crippen molar-refractivity contribution in [2.45, 2.75) is 31.8 Å². The number of carbonyl (C=O) groups excluding carboxylic acids is 1. The number of hydrogen-bond donors (Lipinski definition) is 1. The molecule has 7 heteroatoms. The van der Waals surface area contributed by atoms with Gasteiger partial charge in [-0.15, -0.1) is 10.2 Å². The van der Waals surface area contributed by atoms with Crippen LogP contribution in [-0.4, -0.2) is 26.4 Å². The summed E-state index contributed by atoms with van der Waals surface area (Å²) in [5.74, 6) is 0.918. The third-order valence-electron chi connectivity index (χ3n) is 5.30. The second-order valence-electron chi connectivity index (χ2n) is 7.72. The van der Waals surface area contributed by atoms with Crippen molar-refractivity contribution < 1.29 is 4.79 Å². The molecule has 33 heavy (non-hydrogen) atoms. The number of halogens is 1. The lowest BCUT2D eigenvalue weighted by atomic mass is 10.1. The molecule has 4 aromatic rings. The lowest BCUT2D eigenvalue weighted by Crippen LogP contribution is -2.14. The Morgan fingerprint density at radius 2 is 1.76 bits per heavy atom. The van der Waals surface area contributed by atoms with Crippen LogP contribution >= 0.6 is 23.4 Å². The molecule has 1 aromatic heterocycles. The molecule has 4 rings (SSSR count). The molecule has 1 N–H and O–H groups in total. The molecule has 0 aliphatic rings. The molecule has 0 fully saturated rings. The van der Waals surface area contributed by atoms with Crippen molar-refractivity contribution >= 4 is 35.0 Å². The Morgan fingerprint density at radius 3 is 2.45 bits per heavy atom. The number of aromatic nitrogens is 3. The van der Waals surface area contributed by atoms with Crippen LogP contribution < -0.4 is 5.32 Å². The van der Waals surface area contributed by atoms with E-state index in [0.29, 0.717) is 22.3 Å². The van der Waals surface area contributed by atoms with E-state index in [0.717, 1.165) is 29.1 Å². The smallest absolute Gasteiger partial charge is 0.234 e. The minimum atomic E-state index is -0.125. The Bertz CT molecular complexity index is 1240. The molecule has 1 heterocycles. The lowest BCUT2D eigenvalue weighted by molar-refractivity contribution is -0.113. The molecule has 168 valence electrons. The van der Waals surface area contributed by atoms with Crippen LogP contribution in [0, 0.1) is 6.92 Å². The topological polar surface area (TPSA) is 59.8 Å². The Balaban J connectivity index is 1.55. The summed E-state index contributed by atoms with van der Waals surface area (Å²) in [6.07, 6.45) is 1.63. The Morgan fingerprint density at radius 1 is 1.00 bits per heavy atom. The fourth-order valence-corrected chi connectivity index (χ4v) is 4.38. The van der Waals surface area contributed by atoms with Gasteiger partial charge in [0.15, 0.2) is 5.16 Å². The number of benzene rings is 3. The summed E-state index contributed by atoms with van der Waals surface area (Å²) in [7, 11) is 0. The zero-order valence-corrected chi connectivity index (χ0v) is 20.2. The molecule has 0 atom stereocenters. The van der Waals surface area contributed by atoms with E-state index in [1.165, 1.54) is 17.3 Å². The van der Waals surface area contributed by atoms with Crippen molar-refractivity contribution in [1.82, 2.24) is 14.8 Å². The minimum Gasteiger partial charge on any atom is -0.325 e. The van der Waals surface area contributed by atoms with E-state index >= 15 is 0 Å². The quantitative estimate of drug-likeness (QED) is 0.311. The third-order valence-corrected chi connectivity index (χ3v) is 6.63. The summed E-state index contributed by atoms with van der Waals surface area (Å²) in [4.78, 5) is 12.6. The summed E-state index contributed by atoms with van der Waals surface area (Å²) in [5, 5.41) is 13.1. The van der Waals surface area contributed by atoms with E-state index in [4.69, 9.17) is 11.6 Å². The number of nitrogens with zero attached hydrogens (tertiary/aromatic N) is 3. The van der Waals surface area contributed by atoms with Gasteiger partial charge in [0.1, 0.15) is 5.82 Å². The number of carbonyl (C=O) groups is 1. The molecule has 5 nitrogen and oxygen atoms in total. The number of amides is 1. The molecular weight excluding hydrogens is 452 g/mol. The first-order valence-electron chi connectivity index (χ1n) is 10.8. The van der Waals surface area contributed by atoms with Crippen LogP contribution in [0.25, 0.3) is 5.69 Å². The number of hydrogen-bond acceptors (Lipinski definition) is 4. The van der Waals surface area contributed by atoms with Crippen LogP contribution in [-0.2, 0) is 17.6 Å². The summed E-state index contributed by atoms with van der Waals surface area (Å²) < 4.78 is 2.03. The van der Waals surface area contributed by atoms with Gasteiger partial charge in [-0.3, -0.25) is 9.36 Å². The average molecular weight is 477 g/mol. The molecule has 0 saturated heterocycles. The van der Waals surface area contributed by atoms with Crippen LogP contribution in [0.3, 0.4) is 0 Å². The van der Waals surface area contributed by atoms with E-state index in [2.05, 4.69) is 58.8 Å². The third kappa shape index (κ3) is 5.83. The van der Waals surface area contributed by atoms with Gasteiger partial charge in [-0.05, 0) is 54.3 Å². The molecule has 3 aromatic carbocycles. The van der Waals surface area contributed by atoms with Crippen LogP contribution in [0.4, 0.5) is 5.69 Å². The number of rotatable bonds is 8. The first-order chi connectivity index (χ1) is 16.0. The van der Waals surface area contributed by atoms with Gasteiger partial charge in [-0.25, -0.2) is 0 Å². The highest BCUT2D eigenvalue weighted by Crippen LogP contribution is 2.25. The first-order valence-corrected chi connectivity index (χ1v) is 12.2. The summed E-state index contributed by atoms with van der Waals surface area (Å²) in [6.45, 7) is 4.06. The molecule has 0 radical (unpaired) electrons. The van der Waals surface area contributed by atoms with Crippen molar-refractivity contribution in [3.8, 4) is 5.69 Å². The normalized spacial score (nSPS) is 10.9. The molecule has 0 aliphatic heterocycles. The minimum absolute atomic E-state index is 0.125. The summed E-state index contributed by atoms with van der Waals surface area (Å²) in [5.41, 5.74) is 5.05. The van der Waals surface area contributed by atoms with Gasteiger partial charge in [0, 0.05) is 22.8 Å².